The zero-order valence-corrected chi connectivity index (χ0v) is 11.8. The lowest BCUT2D eigenvalue weighted by atomic mass is 9.85. The smallest absolute Gasteiger partial charge is 0.168 e. The highest BCUT2D eigenvalue weighted by Gasteiger charge is 2.41. The van der Waals surface area contributed by atoms with E-state index < -0.39 is 0 Å². The minimum Gasteiger partial charge on any atom is -0.396 e. The molecule has 0 unspecified atom stereocenters. The first-order chi connectivity index (χ1) is 9.26. The van der Waals surface area contributed by atoms with Gasteiger partial charge in [0.2, 0.25) is 0 Å². The Morgan fingerprint density at radius 1 is 1.00 bits per heavy atom. The molecule has 3 aliphatic rings. The second-order valence-electron chi connectivity index (χ2n) is 6.63. The normalized spacial score (nSPS) is 30.2. The van der Waals surface area contributed by atoms with Gasteiger partial charge in [-0.15, -0.1) is 0 Å². The van der Waals surface area contributed by atoms with Crippen LogP contribution in [-0.2, 0) is 9.47 Å². The lowest BCUT2D eigenvalue weighted by Crippen LogP contribution is -2.45. The summed E-state index contributed by atoms with van der Waals surface area (Å²) in [5.41, 5.74) is 0.162. The van der Waals surface area contributed by atoms with Crippen LogP contribution in [0.5, 0.6) is 0 Å². The molecule has 3 fully saturated rings. The maximum Gasteiger partial charge on any atom is 0.168 e. The number of rotatable bonds is 4. The van der Waals surface area contributed by atoms with Gasteiger partial charge in [-0.1, -0.05) is 12.8 Å². The van der Waals surface area contributed by atoms with Crippen LogP contribution >= 0.6 is 0 Å². The van der Waals surface area contributed by atoms with Crippen LogP contribution in [0.1, 0.15) is 51.4 Å². The first-order valence-corrected chi connectivity index (χ1v) is 7.88. The molecule has 3 rings (SSSR count). The van der Waals surface area contributed by atoms with Crippen LogP contribution in [0.4, 0.5) is 0 Å². The molecule has 0 aromatic rings. The predicted octanol–water partition coefficient (Wildman–Crippen LogP) is 1.81. The van der Waals surface area contributed by atoms with Crippen LogP contribution in [-0.4, -0.2) is 43.3 Å². The van der Waals surface area contributed by atoms with Crippen molar-refractivity contribution < 1.29 is 14.6 Å². The Hall–Kier alpha value is -0.160. The maximum absolute atomic E-state index is 9.63. The van der Waals surface area contributed by atoms with E-state index in [1.807, 2.05) is 0 Å². The summed E-state index contributed by atoms with van der Waals surface area (Å²) < 4.78 is 11.5. The number of aliphatic hydroxyl groups excluding tert-OH is 1. The molecule has 1 spiro atoms. The average molecular weight is 269 g/mol. The zero-order chi connectivity index (χ0) is 13.2. The van der Waals surface area contributed by atoms with Crippen molar-refractivity contribution in [3.63, 3.8) is 0 Å². The maximum atomic E-state index is 9.63. The molecule has 1 saturated heterocycles. The number of ether oxygens (including phenoxy) is 2. The van der Waals surface area contributed by atoms with Crippen molar-refractivity contribution in [3.8, 4) is 0 Å². The molecule has 1 heterocycles. The molecule has 0 atom stereocenters. The number of nitrogens with one attached hydrogen (secondary N) is 1. The molecule has 2 aliphatic carbocycles. The van der Waals surface area contributed by atoms with Crippen LogP contribution < -0.4 is 5.32 Å². The van der Waals surface area contributed by atoms with E-state index in [0.29, 0.717) is 12.6 Å². The predicted molar refractivity (Wildman–Crippen MR) is 72.9 cm³/mol. The molecule has 2 N–H and O–H groups in total. The third-order valence-corrected chi connectivity index (χ3v) is 5.33. The van der Waals surface area contributed by atoms with Crippen molar-refractivity contribution in [2.24, 2.45) is 5.41 Å². The summed E-state index contributed by atoms with van der Waals surface area (Å²) in [6.07, 6.45) is 9.19. The molecular formula is C15H27NO3. The summed E-state index contributed by atoms with van der Waals surface area (Å²) in [7, 11) is 0. The topological polar surface area (TPSA) is 50.7 Å². The highest BCUT2D eigenvalue weighted by Crippen LogP contribution is 2.39. The SMILES string of the molecule is OCC1(CNC2CCC3(CC2)OCCO3)CCCC1. The van der Waals surface area contributed by atoms with Gasteiger partial charge in [0.1, 0.15) is 0 Å². The standard InChI is InChI=1S/C15H27NO3/c17-12-14(5-1-2-6-14)11-16-13-3-7-15(8-4-13)18-9-10-19-15/h13,16-17H,1-12H2. The molecule has 19 heavy (non-hydrogen) atoms. The van der Waals surface area contributed by atoms with Crippen LogP contribution in [0.3, 0.4) is 0 Å². The van der Waals surface area contributed by atoms with Crippen molar-refractivity contribution in [2.45, 2.75) is 63.2 Å². The van der Waals surface area contributed by atoms with Gasteiger partial charge < -0.3 is 19.9 Å². The van der Waals surface area contributed by atoms with Crippen molar-refractivity contribution in [1.29, 1.82) is 0 Å². The molecule has 110 valence electrons. The van der Waals surface area contributed by atoms with Gasteiger partial charge in [0, 0.05) is 37.5 Å². The minimum atomic E-state index is -0.250. The van der Waals surface area contributed by atoms with E-state index in [-0.39, 0.29) is 11.2 Å². The van der Waals surface area contributed by atoms with E-state index in [4.69, 9.17) is 9.47 Å². The fourth-order valence-corrected chi connectivity index (χ4v) is 3.92. The van der Waals surface area contributed by atoms with Gasteiger partial charge in [-0.3, -0.25) is 0 Å². The molecule has 0 radical (unpaired) electrons. The van der Waals surface area contributed by atoms with Crippen LogP contribution in [0, 0.1) is 5.41 Å². The van der Waals surface area contributed by atoms with E-state index in [0.717, 1.165) is 45.4 Å². The number of aliphatic hydroxyl groups is 1. The van der Waals surface area contributed by atoms with Gasteiger partial charge in [-0.2, -0.15) is 0 Å². The lowest BCUT2D eigenvalue weighted by Gasteiger charge is -2.37. The monoisotopic (exact) mass is 269 g/mol. The summed E-state index contributed by atoms with van der Waals surface area (Å²) in [4.78, 5) is 0. The van der Waals surface area contributed by atoms with Gasteiger partial charge in [0.15, 0.2) is 5.79 Å². The average Bonchev–Trinajstić information content (AvgIpc) is 3.09. The van der Waals surface area contributed by atoms with Crippen LogP contribution in [0.15, 0.2) is 0 Å². The summed E-state index contributed by atoms with van der Waals surface area (Å²) in [6, 6.07) is 0.572. The van der Waals surface area contributed by atoms with Crippen LogP contribution in [0.25, 0.3) is 0 Å². The Kier molecular flexibility index (Phi) is 4.13. The molecular weight excluding hydrogens is 242 g/mol. The highest BCUT2D eigenvalue weighted by atomic mass is 16.7. The summed E-state index contributed by atoms with van der Waals surface area (Å²) in [6.45, 7) is 2.82. The molecule has 0 amide bonds. The van der Waals surface area contributed by atoms with E-state index in [1.165, 1.54) is 25.7 Å². The van der Waals surface area contributed by atoms with Gasteiger partial charge in [-0.25, -0.2) is 0 Å². The summed E-state index contributed by atoms with van der Waals surface area (Å²) >= 11 is 0. The first kappa shape index (κ1) is 13.8. The van der Waals surface area contributed by atoms with E-state index in [2.05, 4.69) is 5.32 Å². The number of hydrogen-bond donors (Lipinski definition) is 2. The Morgan fingerprint density at radius 2 is 1.63 bits per heavy atom. The largest absolute Gasteiger partial charge is 0.396 e. The van der Waals surface area contributed by atoms with Gasteiger partial charge in [-0.05, 0) is 25.7 Å². The quantitative estimate of drug-likeness (QED) is 0.817. The van der Waals surface area contributed by atoms with Crippen molar-refractivity contribution in [1.82, 2.24) is 5.32 Å². The molecule has 4 nitrogen and oxygen atoms in total. The van der Waals surface area contributed by atoms with E-state index >= 15 is 0 Å². The number of hydrogen-bond acceptors (Lipinski definition) is 4. The Labute approximate surface area is 115 Å². The molecule has 0 aromatic carbocycles. The first-order valence-electron chi connectivity index (χ1n) is 7.88. The minimum absolute atomic E-state index is 0.162. The van der Waals surface area contributed by atoms with Crippen LogP contribution in [0.2, 0.25) is 0 Å². The van der Waals surface area contributed by atoms with Gasteiger partial charge in [0.05, 0.1) is 13.2 Å². The van der Waals surface area contributed by atoms with E-state index in [1.54, 1.807) is 0 Å². The highest BCUT2D eigenvalue weighted by molar-refractivity contribution is 4.90. The second kappa shape index (κ2) is 5.68. The second-order valence-corrected chi connectivity index (χ2v) is 6.63. The lowest BCUT2D eigenvalue weighted by molar-refractivity contribution is -0.179. The summed E-state index contributed by atoms with van der Waals surface area (Å²) in [5, 5.41) is 13.3. The zero-order valence-electron chi connectivity index (χ0n) is 11.8. The molecule has 4 heteroatoms. The molecule has 1 aliphatic heterocycles. The fourth-order valence-electron chi connectivity index (χ4n) is 3.92. The molecule has 0 aromatic heterocycles. The van der Waals surface area contributed by atoms with Crippen molar-refractivity contribution >= 4 is 0 Å². The fraction of sp³-hybridized carbons (Fsp3) is 1.00. The van der Waals surface area contributed by atoms with E-state index in [9.17, 15) is 5.11 Å². The van der Waals surface area contributed by atoms with Gasteiger partial charge >= 0.3 is 0 Å². The molecule has 2 saturated carbocycles. The third-order valence-electron chi connectivity index (χ3n) is 5.33. The molecule has 0 bridgehead atoms. The Balaban J connectivity index is 1.44. The van der Waals surface area contributed by atoms with Crippen molar-refractivity contribution in [3.05, 3.63) is 0 Å². The van der Waals surface area contributed by atoms with Gasteiger partial charge in [0.25, 0.3) is 0 Å². The Morgan fingerprint density at radius 3 is 2.21 bits per heavy atom. The van der Waals surface area contributed by atoms with Crippen molar-refractivity contribution in [2.75, 3.05) is 26.4 Å². The third kappa shape index (κ3) is 2.97. The Bertz CT molecular complexity index is 286. The summed E-state index contributed by atoms with van der Waals surface area (Å²) in [5.74, 6) is -0.250.